The third-order valence-electron chi connectivity index (χ3n) is 8.06. The summed E-state index contributed by atoms with van der Waals surface area (Å²) in [6.45, 7) is 1.84. The molecule has 5 aliphatic rings. The lowest BCUT2D eigenvalue weighted by molar-refractivity contribution is -0.115. The first-order chi connectivity index (χ1) is 15.4. The number of hydrogen-bond donors (Lipinski definition) is 2. The van der Waals surface area contributed by atoms with Gasteiger partial charge in [0.25, 0.3) is 11.1 Å². The van der Waals surface area contributed by atoms with E-state index in [1.165, 1.54) is 38.5 Å². The highest BCUT2D eigenvalue weighted by molar-refractivity contribution is 8.18. The number of phenols is 1. The second kappa shape index (κ2) is 7.20. The minimum absolute atomic E-state index is 0.120. The summed E-state index contributed by atoms with van der Waals surface area (Å²) in [7, 11) is 0. The molecule has 2 heterocycles. The molecule has 4 aliphatic carbocycles. The van der Waals surface area contributed by atoms with E-state index in [-0.39, 0.29) is 16.6 Å². The molecule has 1 aromatic carbocycles. The van der Waals surface area contributed by atoms with Crippen LogP contribution in [0.2, 0.25) is 0 Å². The fraction of sp³-hybridized carbons (Fsp3) is 0.423. The fourth-order valence-electron chi connectivity index (χ4n) is 7.04. The van der Waals surface area contributed by atoms with Crippen LogP contribution < -0.4 is 5.32 Å². The molecular formula is C26H26N2O3S. The number of carbonyl (C=O) groups is 2. The third kappa shape index (κ3) is 3.19. The van der Waals surface area contributed by atoms with Crippen molar-refractivity contribution in [2.45, 2.75) is 50.9 Å². The maximum atomic E-state index is 12.0. The van der Waals surface area contributed by atoms with Crippen LogP contribution in [0.3, 0.4) is 0 Å². The highest BCUT2D eigenvalue weighted by Crippen LogP contribution is 2.62. The van der Waals surface area contributed by atoms with Gasteiger partial charge in [-0.15, -0.1) is 0 Å². The highest BCUT2D eigenvalue weighted by atomic mass is 32.2. The lowest BCUT2D eigenvalue weighted by Crippen LogP contribution is -2.48. The normalized spacial score (nSPS) is 32.3. The Morgan fingerprint density at radius 2 is 1.75 bits per heavy atom. The number of pyridine rings is 1. The zero-order valence-corrected chi connectivity index (χ0v) is 18.9. The molecule has 5 fully saturated rings. The Bertz CT molecular complexity index is 1130. The van der Waals surface area contributed by atoms with E-state index in [9.17, 15) is 14.7 Å². The fourth-order valence-corrected chi connectivity index (χ4v) is 7.78. The van der Waals surface area contributed by atoms with Crippen LogP contribution in [0.4, 0.5) is 4.79 Å². The van der Waals surface area contributed by atoms with Gasteiger partial charge >= 0.3 is 0 Å². The van der Waals surface area contributed by atoms with Crippen LogP contribution in [-0.4, -0.2) is 21.2 Å². The molecule has 2 amide bonds. The highest BCUT2D eigenvalue weighted by Gasteiger charge is 2.52. The van der Waals surface area contributed by atoms with Crippen LogP contribution in [0.5, 0.6) is 5.75 Å². The molecule has 6 heteroatoms. The predicted molar refractivity (Wildman–Crippen MR) is 125 cm³/mol. The van der Waals surface area contributed by atoms with E-state index in [4.69, 9.17) is 0 Å². The number of carbonyl (C=O) groups excluding carboxylic acids is 2. The molecule has 2 aromatic rings. The number of thioether (sulfide) groups is 1. The van der Waals surface area contributed by atoms with Gasteiger partial charge in [0.1, 0.15) is 5.75 Å². The second-order valence-electron chi connectivity index (χ2n) is 10.2. The minimum Gasteiger partial charge on any atom is -0.508 e. The summed E-state index contributed by atoms with van der Waals surface area (Å²) in [4.78, 5) is 28.5. The first-order valence-electron chi connectivity index (χ1n) is 11.4. The molecule has 1 aromatic heterocycles. The summed E-state index contributed by atoms with van der Waals surface area (Å²) >= 11 is 0.932. The van der Waals surface area contributed by atoms with Gasteiger partial charge in [-0.25, -0.2) is 0 Å². The van der Waals surface area contributed by atoms with Crippen molar-refractivity contribution in [1.82, 2.24) is 10.3 Å². The van der Waals surface area contributed by atoms with Gasteiger partial charge in [0, 0.05) is 17.3 Å². The summed E-state index contributed by atoms with van der Waals surface area (Å²) in [6.07, 6.45) is 9.48. The number of hydrogen-bond acceptors (Lipinski definition) is 5. The number of nitrogens with zero attached hydrogens (tertiary/aromatic N) is 1. The number of rotatable bonds is 3. The lowest BCUT2D eigenvalue weighted by Gasteiger charge is -2.57. The standard InChI is InChI=1S/C26H26N2O3S/c1-14(23-24(30)28-25(31)32-23)19-2-4-21(27-13-19)18-3-5-22(29)20(9-18)26-10-15-6-16(11-26)8-17(7-15)12-26/h2-5,9,13,15-17,29H,6-8,10-12H2,1H3,(H,28,30,31)/b23-14+. The van der Waals surface area contributed by atoms with Crippen molar-refractivity contribution in [3.63, 3.8) is 0 Å². The van der Waals surface area contributed by atoms with Crippen molar-refractivity contribution >= 4 is 28.5 Å². The van der Waals surface area contributed by atoms with Crippen LogP contribution in [0.1, 0.15) is 56.6 Å². The zero-order chi connectivity index (χ0) is 22.0. The molecule has 1 saturated heterocycles. The molecule has 0 spiro atoms. The predicted octanol–water partition coefficient (Wildman–Crippen LogP) is 5.64. The van der Waals surface area contributed by atoms with Crippen LogP contribution >= 0.6 is 11.8 Å². The molecule has 32 heavy (non-hydrogen) atoms. The number of allylic oxidation sites excluding steroid dienone is 1. The SMILES string of the molecule is C/C(=C1\SC(=O)NC1=O)c1ccc(-c2ccc(O)c(C34CC5CC(CC(C5)C3)C4)c2)nc1. The monoisotopic (exact) mass is 446 g/mol. The molecule has 0 unspecified atom stereocenters. The molecule has 4 bridgehead atoms. The quantitative estimate of drug-likeness (QED) is 0.597. The van der Waals surface area contributed by atoms with Crippen molar-refractivity contribution < 1.29 is 14.7 Å². The third-order valence-corrected chi connectivity index (χ3v) is 9.04. The molecule has 4 saturated carbocycles. The smallest absolute Gasteiger partial charge is 0.290 e. The van der Waals surface area contributed by atoms with Crippen molar-refractivity contribution in [3.05, 3.63) is 52.6 Å². The summed E-state index contributed by atoms with van der Waals surface area (Å²) < 4.78 is 0. The summed E-state index contributed by atoms with van der Waals surface area (Å²) in [5.74, 6) is 2.52. The Morgan fingerprint density at radius 1 is 1.06 bits per heavy atom. The van der Waals surface area contributed by atoms with E-state index in [0.29, 0.717) is 10.7 Å². The largest absolute Gasteiger partial charge is 0.508 e. The van der Waals surface area contributed by atoms with Crippen molar-refractivity contribution in [2.24, 2.45) is 17.8 Å². The van der Waals surface area contributed by atoms with Crippen LogP contribution in [-0.2, 0) is 10.2 Å². The Hall–Kier alpha value is -2.60. The number of imide groups is 1. The molecular weight excluding hydrogens is 420 g/mol. The van der Waals surface area contributed by atoms with Crippen molar-refractivity contribution in [2.75, 3.05) is 0 Å². The number of aromatic hydroxyl groups is 1. The number of benzene rings is 1. The van der Waals surface area contributed by atoms with Gasteiger partial charge in [0.15, 0.2) is 0 Å². The molecule has 7 rings (SSSR count). The zero-order valence-electron chi connectivity index (χ0n) is 18.1. The minimum atomic E-state index is -0.347. The van der Waals surface area contributed by atoms with Crippen molar-refractivity contribution in [1.29, 1.82) is 0 Å². The van der Waals surface area contributed by atoms with E-state index in [2.05, 4.69) is 16.4 Å². The van der Waals surface area contributed by atoms with Gasteiger partial charge in [-0.1, -0.05) is 6.07 Å². The Morgan fingerprint density at radius 3 is 2.31 bits per heavy atom. The van der Waals surface area contributed by atoms with E-state index in [0.717, 1.165) is 57.5 Å². The van der Waals surface area contributed by atoms with Gasteiger partial charge < -0.3 is 5.11 Å². The molecule has 164 valence electrons. The first kappa shape index (κ1) is 20.0. The number of nitrogens with one attached hydrogen (secondary N) is 1. The average Bonchev–Trinajstić information content (AvgIpc) is 3.10. The maximum Gasteiger partial charge on any atom is 0.290 e. The summed E-state index contributed by atoms with van der Waals surface area (Å²) in [5, 5.41) is 12.8. The summed E-state index contributed by atoms with van der Waals surface area (Å²) in [5.41, 5.74) is 4.65. The van der Waals surface area contributed by atoms with Gasteiger partial charge in [-0.3, -0.25) is 19.9 Å². The Labute approximate surface area is 191 Å². The average molecular weight is 447 g/mol. The second-order valence-corrected chi connectivity index (χ2v) is 11.1. The van der Waals surface area contributed by atoms with Gasteiger partial charge in [0.05, 0.1) is 10.6 Å². The Balaban J connectivity index is 1.33. The summed E-state index contributed by atoms with van der Waals surface area (Å²) in [6, 6.07) is 9.82. The van der Waals surface area contributed by atoms with E-state index < -0.39 is 0 Å². The lowest BCUT2D eigenvalue weighted by atomic mass is 9.48. The number of aromatic nitrogens is 1. The first-order valence-corrected chi connectivity index (χ1v) is 12.3. The maximum absolute atomic E-state index is 12.0. The van der Waals surface area contributed by atoms with E-state index in [1.54, 1.807) is 6.20 Å². The van der Waals surface area contributed by atoms with Gasteiger partial charge in [-0.2, -0.15) is 0 Å². The molecule has 2 N–H and O–H groups in total. The molecule has 0 radical (unpaired) electrons. The van der Waals surface area contributed by atoms with E-state index in [1.807, 2.05) is 31.2 Å². The Kier molecular flexibility index (Phi) is 4.51. The van der Waals surface area contributed by atoms with Crippen molar-refractivity contribution in [3.8, 4) is 17.0 Å². The van der Waals surface area contributed by atoms with Gasteiger partial charge in [-0.05, 0) is 116 Å². The number of amides is 2. The molecule has 1 aliphatic heterocycles. The van der Waals surface area contributed by atoms with Gasteiger partial charge in [0.2, 0.25) is 0 Å². The number of phenolic OH excluding ortho intramolecular Hbond substituents is 1. The molecule has 0 atom stereocenters. The van der Waals surface area contributed by atoms with E-state index >= 15 is 0 Å². The van der Waals surface area contributed by atoms with Crippen LogP contribution in [0.25, 0.3) is 16.8 Å². The molecule has 5 nitrogen and oxygen atoms in total. The topological polar surface area (TPSA) is 79.3 Å². The van der Waals surface area contributed by atoms with Crippen LogP contribution in [0, 0.1) is 17.8 Å². The van der Waals surface area contributed by atoms with Crippen LogP contribution in [0.15, 0.2) is 41.4 Å².